The quantitative estimate of drug-likeness (QED) is 0.818. The molecule has 0 saturated carbocycles. The van der Waals surface area contributed by atoms with Crippen LogP contribution in [0.4, 0.5) is 22.0 Å². The fourth-order valence-electron chi connectivity index (χ4n) is 2.72. The molecule has 0 saturated heterocycles. The third-order valence-corrected chi connectivity index (χ3v) is 4.16. The molecule has 2 aromatic rings. The van der Waals surface area contributed by atoms with E-state index in [0.717, 1.165) is 0 Å². The van der Waals surface area contributed by atoms with Gasteiger partial charge in [0, 0.05) is 12.0 Å². The van der Waals surface area contributed by atoms with Crippen molar-refractivity contribution < 1.29 is 31.9 Å². The number of aliphatic hydroxyl groups is 1. The van der Waals surface area contributed by atoms with Crippen molar-refractivity contribution in [3.05, 3.63) is 71.8 Å². The minimum Gasteiger partial charge on any atom is -0.364 e. The average Bonchev–Trinajstić information content (AvgIpc) is 3.01. The smallest absolute Gasteiger partial charge is 0.364 e. The number of hydrogen-bond donors (Lipinski definition) is 1. The van der Waals surface area contributed by atoms with Gasteiger partial charge < -0.3 is 5.11 Å². The first-order valence-corrected chi connectivity index (χ1v) is 7.77. The van der Waals surface area contributed by atoms with Gasteiger partial charge in [-0.1, -0.05) is 48.5 Å². The summed E-state index contributed by atoms with van der Waals surface area (Å²) in [7, 11) is 0. The number of hydrazone groups is 1. The topological polar surface area (TPSA) is 52.9 Å². The monoisotopic (exact) mass is 384 g/mol. The fourth-order valence-corrected chi connectivity index (χ4v) is 2.72. The van der Waals surface area contributed by atoms with E-state index < -0.39 is 30.2 Å². The van der Waals surface area contributed by atoms with Crippen LogP contribution in [0.25, 0.3) is 0 Å². The van der Waals surface area contributed by atoms with Crippen LogP contribution >= 0.6 is 0 Å². The molecule has 0 spiro atoms. The lowest BCUT2D eigenvalue weighted by atomic mass is 9.95. The van der Waals surface area contributed by atoms with Gasteiger partial charge >= 0.3 is 12.1 Å². The van der Waals surface area contributed by atoms with Crippen LogP contribution in [0.2, 0.25) is 0 Å². The van der Waals surface area contributed by atoms with E-state index in [0.29, 0.717) is 0 Å². The molecule has 0 fully saturated rings. The molecule has 1 aliphatic rings. The van der Waals surface area contributed by atoms with Crippen LogP contribution in [0, 0.1) is 0 Å². The van der Waals surface area contributed by atoms with Crippen LogP contribution in [-0.4, -0.2) is 39.6 Å². The summed E-state index contributed by atoms with van der Waals surface area (Å²) in [5.41, 5.74) is -4.11. The van der Waals surface area contributed by atoms with Gasteiger partial charge in [0.1, 0.15) is 0 Å². The summed E-state index contributed by atoms with van der Waals surface area (Å²) in [5, 5.41) is 13.9. The van der Waals surface area contributed by atoms with Gasteiger partial charge in [-0.05, 0) is 17.7 Å². The largest absolute Gasteiger partial charge is 0.458 e. The number of amides is 1. The summed E-state index contributed by atoms with van der Waals surface area (Å²) < 4.78 is 67.4. The summed E-state index contributed by atoms with van der Waals surface area (Å²) >= 11 is 0. The zero-order valence-electron chi connectivity index (χ0n) is 13.6. The van der Waals surface area contributed by atoms with Crippen molar-refractivity contribution in [2.75, 3.05) is 0 Å². The lowest BCUT2D eigenvalue weighted by molar-refractivity contribution is -0.362. The van der Waals surface area contributed by atoms with Crippen molar-refractivity contribution in [1.82, 2.24) is 5.01 Å². The van der Waals surface area contributed by atoms with Gasteiger partial charge in [-0.15, -0.1) is 0 Å². The fraction of sp³-hybridized carbons (Fsp3) is 0.222. The lowest BCUT2D eigenvalue weighted by Crippen LogP contribution is -2.64. The minimum absolute atomic E-state index is 0.168. The average molecular weight is 384 g/mol. The number of alkyl halides is 5. The first-order valence-electron chi connectivity index (χ1n) is 7.77. The van der Waals surface area contributed by atoms with Crippen molar-refractivity contribution >= 4 is 11.6 Å². The van der Waals surface area contributed by atoms with Crippen LogP contribution in [-0.2, 0) is 0 Å². The second kappa shape index (κ2) is 6.41. The molecular formula is C18H13F5N2O2. The summed E-state index contributed by atoms with van der Waals surface area (Å²) in [5.74, 6) is -6.88. The molecular weight excluding hydrogens is 371 g/mol. The molecule has 142 valence electrons. The molecule has 9 heteroatoms. The molecule has 0 bridgehead atoms. The van der Waals surface area contributed by atoms with Crippen molar-refractivity contribution in [2.45, 2.75) is 24.2 Å². The second-order valence-electron chi connectivity index (χ2n) is 5.96. The van der Waals surface area contributed by atoms with Gasteiger partial charge in [0.15, 0.2) is 0 Å². The lowest BCUT2D eigenvalue weighted by Gasteiger charge is -2.38. The van der Waals surface area contributed by atoms with E-state index in [4.69, 9.17) is 0 Å². The molecule has 27 heavy (non-hydrogen) atoms. The number of carbonyl (C=O) groups excluding carboxylic acids is 1. The van der Waals surface area contributed by atoms with E-state index in [1.807, 2.05) is 0 Å². The van der Waals surface area contributed by atoms with E-state index in [1.54, 1.807) is 6.07 Å². The van der Waals surface area contributed by atoms with Gasteiger partial charge in [0.25, 0.3) is 5.91 Å². The third-order valence-electron chi connectivity index (χ3n) is 4.16. The molecule has 1 N–H and O–H groups in total. The molecule has 0 radical (unpaired) electrons. The maximum absolute atomic E-state index is 14.2. The molecule has 1 unspecified atom stereocenters. The van der Waals surface area contributed by atoms with E-state index >= 15 is 0 Å². The molecule has 1 atom stereocenters. The first-order chi connectivity index (χ1) is 12.6. The molecule has 1 amide bonds. The van der Waals surface area contributed by atoms with Crippen LogP contribution in [0.5, 0.6) is 0 Å². The van der Waals surface area contributed by atoms with Crippen LogP contribution in [0.3, 0.4) is 0 Å². The van der Waals surface area contributed by atoms with E-state index in [9.17, 15) is 31.9 Å². The summed E-state index contributed by atoms with van der Waals surface area (Å²) in [6, 6.07) is 14.3. The Morgan fingerprint density at radius 2 is 1.48 bits per heavy atom. The Morgan fingerprint density at radius 3 is 2.00 bits per heavy atom. The maximum Gasteiger partial charge on any atom is 0.458 e. The molecule has 1 heterocycles. The van der Waals surface area contributed by atoms with Gasteiger partial charge in [0.2, 0.25) is 5.72 Å². The standard InChI is InChI=1S/C18H13F5N2O2/c19-17(20,18(21,22)23)16(27)11-14(12-7-3-1-4-8-12)24-25(16)15(26)13-9-5-2-6-10-13/h1-10,27H,11H2. The van der Waals surface area contributed by atoms with Crippen molar-refractivity contribution in [2.24, 2.45) is 5.10 Å². The van der Waals surface area contributed by atoms with E-state index in [1.165, 1.54) is 54.6 Å². The van der Waals surface area contributed by atoms with Gasteiger partial charge in [-0.2, -0.15) is 32.1 Å². The minimum atomic E-state index is -6.08. The second-order valence-corrected chi connectivity index (χ2v) is 5.96. The Kier molecular flexibility index (Phi) is 4.51. The van der Waals surface area contributed by atoms with Gasteiger partial charge in [-0.3, -0.25) is 4.79 Å². The Labute approximate surface area is 150 Å². The number of nitrogens with zero attached hydrogens (tertiary/aromatic N) is 2. The van der Waals surface area contributed by atoms with Crippen molar-refractivity contribution in [1.29, 1.82) is 0 Å². The van der Waals surface area contributed by atoms with Gasteiger partial charge in [0.05, 0.1) is 5.71 Å². The zero-order valence-corrected chi connectivity index (χ0v) is 13.6. The summed E-state index contributed by atoms with van der Waals surface area (Å²) in [4.78, 5) is 12.6. The number of rotatable bonds is 3. The predicted molar refractivity (Wildman–Crippen MR) is 86.2 cm³/mol. The van der Waals surface area contributed by atoms with E-state index in [2.05, 4.69) is 5.10 Å². The molecule has 4 nitrogen and oxygen atoms in total. The highest BCUT2D eigenvalue weighted by atomic mass is 19.4. The summed E-state index contributed by atoms with van der Waals surface area (Å²) in [6.07, 6.45) is -7.26. The highest BCUT2D eigenvalue weighted by molar-refractivity contribution is 6.05. The molecule has 0 aromatic heterocycles. The number of halogens is 5. The van der Waals surface area contributed by atoms with E-state index in [-0.39, 0.29) is 21.8 Å². The number of benzene rings is 2. The van der Waals surface area contributed by atoms with Crippen LogP contribution in [0.1, 0.15) is 22.3 Å². The molecule has 3 rings (SSSR count). The Morgan fingerprint density at radius 1 is 0.963 bits per heavy atom. The molecule has 2 aromatic carbocycles. The third kappa shape index (κ3) is 3.08. The van der Waals surface area contributed by atoms with Crippen molar-refractivity contribution in [3.8, 4) is 0 Å². The van der Waals surface area contributed by atoms with Crippen molar-refractivity contribution in [3.63, 3.8) is 0 Å². The normalized spacial score (nSPS) is 20.5. The highest BCUT2D eigenvalue weighted by Gasteiger charge is 2.75. The molecule has 0 aliphatic carbocycles. The Bertz CT molecular complexity index is 868. The summed E-state index contributed by atoms with van der Waals surface area (Å²) in [6.45, 7) is 0. The number of hydrogen-bond acceptors (Lipinski definition) is 3. The van der Waals surface area contributed by atoms with Crippen LogP contribution < -0.4 is 0 Å². The number of carbonyl (C=O) groups is 1. The highest BCUT2D eigenvalue weighted by Crippen LogP contribution is 2.49. The van der Waals surface area contributed by atoms with Crippen LogP contribution in [0.15, 0.2) is 65.8 Å². The Balaban J connectivity index is 2.11. The first kappa shape index (κ1) is 19.0. The predicted octanol–water partition coefficient (Wildman–Crippen LogP) is 3.82. The molecule has 1 aliphatic heterocycles. The SMILES string of the molecule is O=C(c1ccccc1)N1N=C(c2ccccc2)CC1(O)C(F)(F)C(F)(F)F. The zero-order chi connectivity index (χ0) is 19.9. The Hall–Kier alpha value is -2.81. The van der Waals surface area contributed by atoms with Gasteiger partial charge in [-0.25, -0.2) is 0 Å². The maximum atomic E-state index is 14.2.